The van der Waals surface area contributed by atoms with Gasteiger partial charge >= 0.3 is 0 Å². The number of hydrogen-bond acceptors (Lipinski definition) is 4. The second kappa shape index (κ2) is 12.9. The predicted molar refractivity (Wildman–Crippen MR) is 129 cm³/mol. The number of nitrogens with one attached hydrogen (secondary N) is 1. The molecule has 1 aliphatic rings. The first-order valence-corrected chi connectivity index (χ1v) is 9.26. The smallest absolute Gasteiger partial charge is 0.256 e. The van der Waals surface area contributed by atoms with Crippen LogP contribution < -0.4 is 11.1 Å². The molecule has 1 aliphatic heterocycles. The number of aryl methyl sites for hydroxylation is 1. The molecule has 2 aromatic carbocycles. The molecule has 0 saturated carbocycles. The molecule has 1 amide bonds. The highest BCUT2D eigenvalue weighted by Crippen LogP contribution is 2.17. The molecule has 2 aromatic rings. The maximum atomic E-state index is 12.5. The van der Waals surface area contributed by atoms with Gasteiger partial charge in [-0.3, -0.25) is 9.69 Å². The molecule has 0 atom stereocenters. The standard InChI is InChI=1S/C21H28N4O.3ClH/c1-3-24-10-12-25(13-11-24)15-17-5-8-19(9-6-17)23-21(26)20-14-18(22)7-4-16(20)2;;;/h4-9,14H,3,10-13,15,22H2,1-2H3,(H,23,26);3*1H. The minimum atomic E-state index is -0.127. The first-order valence-electron chi connectivity index (χ1n) is 9.26. The predicted octanol–water partition coefficient (Wildman–Crippen LogP) is 4.23. The zero-order valence-electron chi connectivity index (χ0n) is 16.9. The molecule has 0 aliphatic carbocycles. The van der Waals surface area contributed by atoms with E-state index in [1.165, 1.54) is 5.56 Å². The van der Waals surface area contributed by atoms with Crippen molar-refractivity contribution in [3.8, 4) is 0 Å². The fourth-order valence-electron chi connectivity index (χ4n) is 3.30. The van der Waals surface area contributed by atoms with Crippen LogP contribution in [0.3, 0.4) is 0 Å². The van der Waals surface area contributed by atoms with Gasteiger partial charge in [0.15, 0.2) is 0 Å². The summed E-state index contributed by atoms with van der Waals surface area (Å²) in [6.45, 7) is 10.7. The van der Waals surface area contributed by atoms with E-state index in [2.05, 4.69) is 34.2 Å². The SMILES string of the molecule is CCN1CCN(Cc2ccc(NC(=O)c3cc(N)ccc3C)cc2)CC1.Cl.Cl.Cl. The van der Waals surface area contributed by atoms with E-state index in [4.69, 9.17) is 5.73 Å². The quantitative estimate of drug-likeness (QED) is 0.654. The van der Waals surface area contributed by atoms with Crippen molar-refractivity contribution < 1.29 is 4.79 Å². The number of halogens is 3. The minimum Gasteiger partial charge on any atom is -0.399 e. The lowest BCUT2D eigenvalue weighted by molar-refractivity contribution is 0.102. The van der Waals surface area contributed by atoms with Crippen molar-refractivity contribution in [2.45, 2.75) is 20.4 Å². The Morgan fingerprint density at radius 1 is 0.966 bits per heavy atom. The Hall–Kier alpha value is -1.50. The Labute approximate surface area is 192 Å². The lowest BCUT2D eigenvalue weighted by atomic mass is 10.1. The van der Waals surface area contributed by atoms with Crippen LogP contribution in [0.25, 0.3) is 0 Å². The van der Waals surface area contributed by atoms with Gasteiger partial charge in [-0.1, -0.05) is 25.1 Å². The van der Waals surface area contributed by atoms with Gasteiger partial charge in [-0.2, -0.15) is 0 Å². The number of rotatable bonds is 5. The summed E-state index contributed by atoms with van der Waals surface area (Å²) < 4.78 is 0. The zero-order valence-corrected chi connectivity index (χ0v) is 19.3. The highest BCUT2D eigenvalue weighted by Gasteiger charge is 2.15. The number of benzene rings is 2. The normalized spacial score (nSPS) is 14.1. The van der Waals surface area contributed by atoms with Crippen molar-refractivity contribution in [2.75, 3.05) is 43.8 Å². The average Bonchev–Trinajstić information content (AvgIpc) is 2.66. The molecule has 0 aromatic heterocycles. The number of hydrogen-bond donors (Lipinski definition) is 2. The van der Waals surface area contributed by atoms with Gasteiger partial charge in [0, 0.05) is 49.7 Å². The number of nitrogens with zero attached hydrogens (tertiary/aromatic N) is 2. The Kier molecular flexibility index (Phi) is 12.3. The Morgan fingerprint density at radius 2 is 1.55 bits per heavy atom. The molecule has 29 heavy (non-hydrogen) atoms. The van der Waals surface area contributed by atoms with Crippen molar-refractivity contribution in [1.82, 2.24) is 9.80 Å². The summed E-state index contributed by atoms with van der Waals surface area (Å²) >= 11 is 0. The van der Waals surface area contributed by atoms with Gasteiger partial charge < -0.3 is 16.0 Å². The minimum absolute atomic E-state index is 0. The van der Waals surface area contributed by atoms with Gasteiger partial charge in [-0.15, -0.1) is 37.2 Å². The van der Waals surface area contributed by atoms with E-state index in [0.29, 0.717) is 11.3 Å². The van der Waals surface area contributed by atoms with Crippen molar-refractivity contribution in [3.05, 3.63) is 59.2 Å². The van der Waals surface area contributed by atoms with Crippen molar-refractivity contribution in [2.24, 2.45) is 0 Å². The van der Waals surface area contributed by atoms with Crippen LogP contribution in [-0.2, 0) is 6.54 Å². The fraction of sp³-hybridized carbons (Fsp3) is 0.381. The highest BCUT2D eigenvalue weighted by atomic mass is 35.5. The molecule has 0 radical (unpaired) electrons. The molecule has 5 nitrogen and oxygen atoms in total. The average molecular weight is 462 g/mol. The summed E-state index contributed by atoms with van der Waals surface area (Å²) in [5.74, 6) is -0.127. The zero-order chi connectivity index (χ0) is 18.5. The molecule has 8 heteroatoms. The third-order valence-corrected chi connectivity index (χ3v) is 5.04. The Bertz CT molecular complexity index is 763. The monoisotopic (exact) mass is 460 g/mol. The molecule has 1 fully saturated rings. The largest absolute Gasteiger partial charge is 0.399 e. The number of likely N-dealkylation sites (N-methyl/N-ethyl adjacent to an activating group) is 1. The molecule has 3 rings (SSSR count). The van der Waals surface area contributed by atoms with E-state index >= 15 is 0 Å². The third-order valence-electron chi connectivity index (χ3n) is 5.04. The summed E-state index contributed by atoms with van der Waals surface area (Å²) in [5.41, 5.74) is 10.00. The van der Waals surface area contributed by atoms with Gasteiger partial charge in [-0.05, 0) is 48.9 Å². The number of anilines is 2. The van der Waals surface area contributed by atoms with E-state index in [9.17, 15) is 4.79 Å². The lowest BCUT2D eigenvalue weighted by Gasteiger charge is -2.34. The maximum Gasteiger partial charge on any atom is 0.256 e. The summed E-state index contributed by atoms with van der Waals surface area (Å²) in [6, 6.07) is 13.5. The molecule has 3 N–H and O–H groups in total. The fourth-order valence-corrected chi connectivity index (χ4v) is 3.30. The number of carbonyl (C=O) groups excluding carboxylic acids is 1. The number of nitrogens with two attached hydrogens (primary N) is 1. The number of piperazine rings is 1. The van der Waals surface area contributed by atoms with Gasteiger partial charge in [0.05, 0.1) is 0 Å². The second-order valence-electron chi connectivity index (χ2n) is 6.94. The highest BCUT2D eigenvalue weighted by molar-refractivity contribution is 6.05. The molecular weight excluding hydrogens is 431 g/mol. The van der Waals surface area contributed by atoms with E-state index < -0.39 is 0 Å². The van der Waals surface area contributed by atoms with Crippen LogP contribution in [0.4, 0.5) is 11.4 Å². The molecular formula is C21H31Cl3N4O. The van der Waals surface area contributed by atoms with Crippen LogP contribution in [-0.4, -0.2) is 48.4 Å². The summed E-state index contributed by atoms with van der Waals surface area (Å²) in [5, 5.41) is 2.96. The molecule has 1 saturated heterocycles. The molecule has 0 unspecified atom stereocenters. The maximum absolute atomic E-state index is 12.5. The summed E-state index contributed by atoms with van der Waals surface area (Å²) in [7, 11) is 0. The van der Waals surface area contributed by atoms with Crippen LogP contribution in [0, 0.1) is 6.92 Å². The number of nitrogen functional groups attached to an aromatic ring is 1. The van der Waals surface area contributed by atoms with Crippen LogP contribution in [0.1, 0.15) is 28.4 Å². The van der Waals surface area contributed by atoms with Crippen LogP contribution in [0.15, 0.2) is 42.5 Å². The Morgan fingerprint density at radius 3 is 2.14 bits per heavy atom. The van der Waals surface area contributed by atoms with Crippen molar-refractivity contribution in [3.63, 3.8) is 0 Å². The topological polar surface area (TPSA) is 61.6 Å². The summed E-state index contributed by atoms with van der Waals surface area (Å²) in [4.78, 5) is 17.4. The lowest BCUT2D eigenvalue weighted by Crippen LogP contribution is -2.45. The van der Waals surface area contributed by atoms with E-state index in [1.807, 2.05) is 25.1 Å². The van der Waals surface area contributed by atoms with Gasteiger partial charge in [-0.25, -0.2) is 0 Å². The number of carbonyl (C=O) groups is 1. The van der Waals surface area contributed by atoms with Crippen LogP contribution in [0.2, 0.25) is 0 Å². The molecule has 0 spiro atoms. The van der Waals surface area contributed by atoms with E-state index in [1.54, 1.807) is 12.1 Å². The first-order chi connectivity index (χ1) is 12.5. The van der Waals surface area contributed by atoms with Crippen LogP contribution in [0.5, 0.6) is 0 Å². The summed E-state index contributed by atoms with van der Waals surface area (Å²) in [6.07, 6.45) is 0. The van der Waals surface area contributed by atoms with Gasteiger partial charge in [0.2, 0.25) is 0 Å². The Balaban J connectivity index is 0.00000261. The van der Waals surface area contributed by atoms with Crippen molar-refractivity contribution >= 4 is 54.5 Å². The van der Waals surface area contributed by atoms with E-state index in [0.717, 1.165) is 50.5 Å². The van der Waals surface area contributed by atoms with Gasteiger partial charge in [0.25, 0.3) is 5.91 Å². The molecule has 162 valence electrons. The van der Waals surface area contributed by atoms with E-state index in [-0.39, 0.29) is 43.1 Å². The molecule has 1 heterocycles. The van der Waals surface area contributed by atoms with Gasteiger partial charge in [0.1, 0.15) is 0 Å². The van der Waals surface area contributed by atoms with Crippen LogP contribution >= 0.6 is 37.2 Å². The second-order valence-corrected chi connectivity index (χ2v) is 6.94. The third kappa shape index (κ3) is 7.68. The van der Waals surface area contributed by atoms with Crippen molar-refractivity contribution in [1.29, 1.82) is 0 Å². The molecule has 0 bridgehead atoms. The first kappa shape index (κ1) is 27.5. The number of amides is 1.